The summed E-state index contributed by atoms with van der Waals surface area (Å²) in [5.41, 5.74) is 3.66. The molecule has 0 atom stereocenters. The Morgan fingerprint density at radius 2 is 1.78 bits per heavy atom. The third-order valence-electron chi connectivity index (χ3n) is 4.42. The van der Waals surface area contributed by atoms with Crippen LogP contribution in [-0.2, 0) is 0 Å². The Balaban J connectivity index is 2.18. The van der Waals surface area contributed by atoms with E-state index in [1.165, 1.54) is 12.1 Å². The summed E-state index contributed by atoms with van der Waals surface area (Å²) in [4.78, 5) is 16.9. The molecule has 4 rings (SSSR count). The average Bonchev–Trinajstić information content (AvgIpc) is 2.98. The van der Waals surface area contributed by atoms with Crippen molar-refractivity contribution in [3.8, 4) is 16.9 Å². The predicted octanol–water partition coefficient (Wildman–Crippen LogP) is 4.54. The number of aryl methyl sites for hydroxylation is 2. The van der Waals surface area contributed by atoms with E-state index < -0.39 is 5.97 Å². The minimum Gasteiger partial charge on any atom is -0.478 e. The van der Waals surface area contributed by atoms with Crippen molar-refractivity contribution in [2.45, 2.75) is 13.8 Å². The van der Waals surface area contributed by atoms with Crippen LogP contribution in [0.1, 0.15) is 21.7 Å². The van der Waals surface area contributed by atoms with Gasteiger partial charge < -0.3 is 5.11 Å². The standard InChI is InChI=1S/C21H16FN3O2/c1-12-11-13(2)25(24-12)20-18(21(26)27)16-5-3-4-6-17(16)23-19(20)14-7-9-15(22)10-8-14/h3-11H,1-2H3,(H,26,27). The van der Waals surface area contributed by atoms with Crippen molar-refractivity contribution in [1.82, 2.24) is 14.8 Å². The van der Waals surface area contributed by atoms with E-state index in [9.17, 15) is 14.3 Å². The van der Waals surface area contributed by atoms with Gasteiger partial charge in [-0.3, -0.25) is 0 Å². The fraction of sp³-hybridized carbons (Fsp3) is 0.0952. The number of fused-ring (bicyclic) bond motifs is 1. The average molecular weight is 361 g/mol. The van der Waals surface area contributed by atoms with Crippen LogP contribution in [0.25, 0.3) is 27.8 Å². The zero-order valence-electron chi connectivity index (χ0n) is 14.8. The van der Waals surface area contributed by atoms with Gasteiger partial charge in [0, 0.05) is 16.6 Å². The van der Waals surface area contributed by atoms with Crippen LogP contribution >= 0.6 is 0 Å². The van der Waals surface area contributed by atoms with Gasteiger partial charge in [0.15, 0.2) is 0 Å². The van der Waals surface area contributed by atoms with Gasteiger partial charge in [0.1, 0.15) is 11.5 Å². The van der Waals surface area contributed by atoms with E-state index in [0.29, 0.717) is 27.8 Å². The number of pyridine rings is 1. The highest BCUT2D eigenvalue weighted by molar-refractivity contribution is 6.08. The second kappa shape index (κ2) is 6.32. The molecule has 0 bridgehead atoms. The first kappa shape index (κ1) is 16.9. The summed E-state index contributed by atoms with van der Waals surface area (Å²) < 4.78 is 15.0. The Kier molecular flexibility index (Phi) is 3.96. The van der Waals surface area contributed by atoms with Gasteiger partial charge >= 0.3 is 5.97 Å². The number of para-hydroxylation sites is 1. The van der Waals surface area contributed by atoms with E-state index >= 15 is 0 Å². The molecule has 0 aliphatic rings. The van der Waals surface area contributed by atoms with Crippen LogP contribution < -0.4 is 0 Å². The molecule has 0 saturated heterocycles. The maximum absolute atomic E-state index is 13.4. The zero-order chi connectivity index (χ0) is 19.1. The summed E-state index contributed by atoms with van der Waals surface area (Å²) in [5.74, 6) is -1.44. The molecule has 134 valence electrons. The number of carboxylic acid groups (broad SMARTS) is 1. The smallest absolute Gasteiger partial charge is 0.338 e. The highest BCUT2D eigenvalue weighted by atomic mass is 19.1. The van der Waals surface area contributed by atoms with E-state index in [0.717, 1.165) is 11.4 Å². The summed E-state index contributed by atoms with van der Waals surface area (Å²) in [6.07, 6.45) is 0. The van der Waals surface area contributed by atoms with Crippen molar-refractivity contribution in [2.75, 3.05) is 0 Å². The van der Waals surface area contributed by atoms with E-state index in [1.54, 1.807) is 41.1 Å². The van der Waals surface area contributed by atoms with Gasteiger partial charge in [0.2, 0.25) is 0 Å². The second-order valence-corrected chi connectivity index (χ2v) is 6.35. The number of hydrogen-bond acceptors (Lipinski definition) is 3. The number of benzene rings is 2. The minimum atomic E-state index is -1.07. The third-order valence-corrected chi connectivity index (χ3v) is 4.42. The van der Waals surface area contributed by atoms with Crippen molar-refractivity contribution in [1.29, 1.82) is 0 Å². The summed E-state index contributed by atoms with van der Waals surface area (Å²) in [6.45, 7) is 3.70. The third kappa shape index (κ3) is 2.85. The molecule has 2 heterocycles. The van der Waals surface area contributed by atoms with Crippen LogP contribution in [0, 0.1) is 19.7 Å². The number of halogens is 1. The molecule has 6 heteroatoms. The Morgan fingerprint density at radius 1 is 1.07 bits per heavy atom. The fourth-order valence-electron chi connectivity index (χ4n) is 3.29. The number of carboxylic acids is 1. The lowest BCUT2D eigenvalue weighted by Gasteiger charge is -2.16. The molecule has 0 unspecified atom stereocenters. The van der Waals surface area contributed by atoms with Gasteiger partial charge in [0.25, 0.3) is 0 Å². The molecular weight excluding hydrogens is 345 g/mol. The summed E-state index contributed by atoms with van der Waals surface area (Å²) >= 11 is 0. The largest absolute Gasteiger partial charge is 0.478 e. The molecule has 2 aromatic heterocycles. The van der Waals surface area contributed by atoms with Crippen LogP contribution in [0.5, 0.6) is 0 Å². The van der Waals surface area contributed by atoms with Gasteiger partial charge in [0.05, 0.1) is 22.5 Å². The molecule has 27 heavy (non-hydrogen) atoms. The van der Waals surface area contributed by atoms with E-state index in [4.69, 9.17) is 4.98 Å². The van der Waals surface area contributed by atoms with E-state index in [-0.39, 0.29) is 11.4 Å². The van der Waals surface area contributed by atoms with Crippen molar-refractivity contribution < 1.29 is 14.3 Å². The lowest BCUT2D eigenvalue weighted by Crippen LogP contribution is -2.12. The molecule has 0 amide bonds. The SMILES string of the molecule is Cc1cc(C)n(-c2c(-c3ccc(F)cc3)nc3ccccc3c2C(=O)O)n1. The van der Waals surface area contributed by atoms with Crippen LogP contribution in [0.2, 0.25) is 0 Å². The molecular formula is C21H16FN3O2. The zero-order valence-corrected chi connectivity index (χ0v) is 14.8. The molecule has 5 nitrogen and oxygen atoms in total. The maximum Gasteiger partial charge on any atom is 0.338 e. The highest BCUT2D eigenvalue weighted by Gasteiger charge is 2.24. The topological polar surface area (TPSA) is 68.0 Å². The minimum absolute atomic E-state index is 0.117. The molecule has 2 aromatic carbocycles. The van der Waals surface area contributed by atoms with E-state index in [2.05, 4.69) is 5.10 Å². The summed E-state index contributed by atoms with van der Waals surface area (Å²) in [6, 6.07) is 14.8. The normalized spacial score (nSPS) is 11.1. The molecule has 0 radical (unpaired) electrons. The molecule has 0 saturated carbocycles. The van der Waals surface area contributed by atoms with Crippen LogP contribution in [-0.4, -0.2) is 25.8 Å². The van der Waals surface area contributed by atoms with Gasteiger partial charge in [-0.1, -0.05) is 18.2 Å². The monoisotopic (exact) mass is 361 g/mol. The van der Waals surface area contributed by atoms with E-state index in [1.807, 2.05) is 19.9 Å². The fourth-order valence-corrected chi connectivity index (χ4v) is 3.29. The van der Waals surface area contributed by atoms with Crippen molar-refractivity contribution in [3.63, 3.8) is 0 Å². The quantitative estimate of drug-likeness (QED) is 0.582. The first-order chi connectivity index (χ1) is 13.0. The highest BCUT2D eigenvalue weighted by Crippen LogP contribution is 2.33. The number of aromatic carboxylic acids is 1. The molecule has 1 N–H and O–H groups in total. The molecule has 0 spiro atoms. The maximum atomic E-state index is 13.4. The van der Waals surface area contributed by atoms with Crippen LogP contribution in [0.3, 0.4) is 0 Å². The Morgan fingerprint density at radius 3 is 2.41 bits per heavy atom. The second-order valence-electron chi connectivity index (χ2n) is 6.35. The number of aromatic nitrogens is 3. The Labute approximate surface area is 154 Å². The van der Waals surface area contributed by atoms with Crippen LogP contribution in [0.15, 0.2) is 54.6 Å². The molecule has 0 fully saturated rings. The summed E-state index contributed by atoms with van der Waals surface area (Å²) in [7, 11) is 0. The Bertz CT molecular complexity index is 1180. The van der Waals surface area contributed by atoms with Gasteiger partial charge in [-0.2, -0.15) is 5.10 Å². The first-order valence-electron chi connectivity index (χ1n) is 8.41. The summed E-state index contributed by atoms with van der Waals surface area (Å²) in [5, 5.41) is 15.0. The van der Waals surface area contributed by atoms with Gasteiger partial charge in [-0.05, 0) is 50.2 Å². The number of nitrogens with zero attached hydrogens (tertiary/aromatic N) is 3. The van der Waals surface area contributed by atoms with Crippen molar-refractivity contribution >= 4 is 16.9 Å². The molecule has 0 aliphatic carbocycles. The predicted molar refractivity (Wildman–Crippen MR) is 101 cm³/mol. The first-order valence-corrected chi connectivity index (χ1v) is 8.41. The van der Waals surface area contributed by atoms with Crippen LogP contribution in [0.4, 0.5) is 4.39 Å². The lowest BCUT2D eigenvalue weighted by molar-refractivity contribution is 0.0699. The van der Waals surface area contributed by atoms with Gasteiger partial charge in [-0.15, -0.1) is 0 Å². The van der Waals surface area contributed by atoms with Gasteiger partial charge in [-0.25, -0.2) is 18.9 Å². The number of hydrogen-bond donors (Lipinski definition) is 1. The lowest BCUT2D eigenvalue weighted by atomic mass is 10.0. The Hall–Kier alpha value is -3.54. The molecule has 0 aliphatic heterocycles. The molecule has 4 aromatic rings. The van der Waals surface area contributed by atoms with Crippen molar-refractivity contribution in [2.24, 2.45) is 0 Å². The number of rotatable bonds is 3. The van der Waals surface area contributed by atoms with Crippen molar-refractivity contribution in [3.05, 3.63) is 77.4 Å². The number of carbonyl (C=O) groups is 1.